The molecular formula is C27H26F2N6O3. The Hall–Kier alpha value is -4.28. The molecule has 2 aliphatic heterocycles. The molecule has 196 valence electrons. The van der Waals surface area contributed by atoms with Crippen molar-refractivity contribution in [2.24, 2.45) is 0 Å². The molecule has 0 radical (unpaired) electrons. The van der Waals surface area contributed by atoms with Gasteiger partial charge in [-0.05, 0) is 50.1 Å². The molecule has 11 heteroatoms. The third-order valence-corrected chi connectivity index (χ3v) is 7.21. The largest absolute Gasteiger partial charge is 0.461 e. The Bertz CT molecular complexity index is 1550. The van der Waals surface area contributed by atoms with Gasteiger partial charge in [-0.2, -0.15) is 5.10 Å². The molecule has 38 heavy (non-hydrogen) atoms. The lowest BCUT2D eigenvalue weighted by atomic mass is 10.0. The molecule has 1 atom stereocenters. The van der Waals surface area contributed by atoms with E-state index in [-0.39, 0.29) is 30.8 Å². The van der Waals surface area contributed by atoms with E-state index in [9.17, 15) is 18.4 Å². The van der Waals surface area contributed by atoms with Crippen LogP contribution in [-0.4, -0.2) is 55.6 Å². The second kappa shape index (κ2) is 9.55. The van der Waals surface area contributed by atoms with Crippen LogP contribution in [0.4, 0.5) is 14.5 Å². The Morgan fingerprint density at radius 1 is 1.13 bits per heavy atom. The van der Waals surface area contributed by atoms with Crippen LogP contribution in [-0.2, 0) is 17.8 Å². The van der Waals surface area contributed by atoms with Crippen molar-refractivity contribution in [1.29, 1.82) is 0 Å². The van der Waals surface area contributed by atoms with E-state index in [1.165, 1.54) is 6.07 Å². The van der Waals surface area contributed by atoms with Crippen molar-refractivity contribution >= 4 is 23.1 Å². The Morgan fingerprint density at radius 3 is 2.84 bits per heavy atom. The van der Waals surface area contributed by atoms with E-state index in [2.05, 4.69) is 10.1 Å². The van der Waals surface area contributed by atoms with Crippen molar-refractivity contribution in [3.8, 4) is 0 Å². The number of imidazole rings is 1. The van der Waals surface area contributed by atoms with Gasteiger partial charge in [0.2, 0.25) is 0 Å². The first-order valence-electron chi connectivity index (χ1n) is 12.6. The average Bonchev–Trinajstić information content (AvgIpc) is 3.67. The first-order valence-corrected chi connectivity index (χ1v) is 12.6. The van der Waals surface area contributed by atoms with Gasteiger partial charge in [0.25, 0.3) is 5.91 Å². The normalized spacial score (nSPS) is 17.2. The van der Waals surface area contributed by atoms with E-state index >= 15 is 0 Å². The second-order valence-electron chi connectivity index (χ2n) is 9.47. The summed E-state index contributed by atoms with van der Waals surface area (Å²) < 4.78 is 37.0. The Labute approximate surface area is 217 Å². The van der Waals surface area contributed by atoms with Gasteiger partial charge in [-0.15, -0.1) is 0 Å². The summed E-state index contributed by atoms with van der Waals surface area (Å²) in [6.07, 6.45) is 6.51. The highest BCUT2D eigenvalue weighted by Crippen LogP contribution is 2.38. The lowest BCUT2D eigenvalue weighted by Gasteiger charge is -2.28. The molecule has 0 bridgehead atoms. The molecule has 0 N–H and O–H groups in total. The quantitative estimate of drug-likeness (QED) is 0.370. The molecule has 3 aromatic heterocycles. The van der Waals surface area contributed by atoms with E-state index in [1.807, 2.05) is 21.6 Å². The standard InChI is InChI=1S/C27H26F2N6O3/c1-2-38-27(37)22-15-32-10-11-33(16-25(32)31-22)26(36)20-14-30-35-9-7-18(13-24(20)35)34-8-3-4-23(34)19-12-17(28)5-6-21(19)29/h5-7,9,12-15,23H,2-4,8,10-11,16H2,1H3. The van der Waals surface area contributed by atoms with Crippen molar-refractivity contribution in [3.63, 3.8) is 0 Å². The number of hydrogen-bond acceptors (Lipinski definition) is 6. The summed E-state index contributed by atoms with van der Waals surface area (Å²) in [5, 5.41) is 4.36. The molecule has 6 rings (SSSR count). The predicted molar refractivity (Wildman–Crippen MR) is 134 cm³/mol. The number of esters is 1. The fourth-order valence-electron chi connectivity index (χ4n) is 5.38. The van der Waals surface area contributed by atoms with Crippen LogP contribution in [0.5, 0.6) is 0 Å². The number of benzene rings is 1. The molecule has 5 heterocycles. The molecule has 1 amide bonds. The Balaban J connectivity index is 1.27. The number of carbonyl (C=O) groups is 2. The van der Waals surface area contributed by atoms with Gasteiger partial charge in [-0.1, -0.05) is 0 Å². The maximum Gasteiger partial charge on any atom is 0.358 e. The average molecular weight is 521 g/mol. The van der Waals surface area contributed by atoms with Gasteiger partial charge in [0.05, 0.1) is 36.5 Å². The smallest absolute Gasteiger partial charge is 0.358 e. The summed E-state index contributed by atoms with van der Waals surface area (Å²) in [5.74, 6) is -0.969. The van der Waals surface area contributed by atoms with E-state index < -0.39 is 17.6 Å². The van der Waals surface area contributed by atoms with Crippen LogP contribution in [0.3, 0.4) is 0 Å². The number of pyridine rings is 1. The molecule has 9 nitrogen and oxygen atoms in total. The topological polar surface area (TPSA) is 85.0 Å². The monoisotopic (exact) mass is 520 g/mol. The first-order chi connectivity index (χ1) is 18.4. The number of fused-ring (bicyclic) bond motifs is 2. The minimum atomic E-state index is -0.485. The number of aromatic nitrogens is 4. The summed E-state index contributed by atoms with van der Waals surface area (Å²) in [6, 6.07) is 7.00. The number of hydrogen-bond donors (Lipinski definition) is 0. The minimum Gasteiger partial charge on any atom is -0.461 e. The highest BCUT2D eigenvalue weighted by Gasteiger charge is 2.30. The van der Waals surface area contributed by atoms with Crippen molar-refractivity contribution in [2.75, 3.05) is 24.6 Å². The molecule has 1 aromatic carbocycles. The molecule has 1 unspecified atom stereocenters. The van der Waals surface area contributed by atoms with Crippen LogP contribution in [0.15, 0.2) is 48.9 Å². The van der Waals surface area contributed by atoms with Crippen molar-refractivity contribution < 1.29 is 23.1 Å². The molecule has 0 aliphatic carbocycles. The van der Waals surface area contributed by atoms with Crippen LogP contribution in [0.2, 0.25) is 0 Å². The van der Waals surface area contributed by atoms with Crippen LogP contribution < -0.4 is 4.90 Å². The highest BCUT2D eigenvalue weighted by molar-refractivity contribution is 6.01. The maximum absolute atomic E-state index is 14.6. The lowest BCUT2D eigenvalue weighted by Crippen LogP contribution is -2.38. The summed E-state index contributed by atoms with van der Waals surface area (Å²) in [6.45, 7) is 3.90. The van der Waals surface area contributed by atoms with Gasteiger partial charge >= 0.3 is 5.97 Å². The third kappa shape index (κ3) is 4.17. The van der Waals surface area contributed by atoms with Gasteiger partial charge in [-0.3, -0.25) is 4.79 Å². The second-order valence-corrected chi connectivity index (χ2v) is 9.47. The van der Waals surface area contributed by atoms with Gasteiger partial charge in [0.15, 0.2) is 5.69 Å². The number of rotatable bonds is 5. The fraction of sp³-hybridized carbons (Fsp3) is 0.333. The third-order valence-electron chi connectivity index (χ3n) is 7.21. The van der Waals surface area contributed by atoms with E-state index in [4.69, 9.17) is 4.74 Å². The summed E-state index contributed by atoms with van der Waals surface area (Å²) >= 11 is 0. The maximum atomic E-state index is 14.6. The molecule has 0 spiro atoms. The number of carbonyl (C=O) groups excluding carboxylic acids is 2. The number of ether oxygens (including phenoxy) is 1. The molecule has 1 saturated heterocycles. The summed E-state index contributed by atoms with van der Waals surface area (Å²) in [7, 11) is 0. The fourth-order valence-corrected chi connectivity index (χ4v) is 5.38. The minimum absolute atomic E-state index is 0.196. The highest BCUT2D eigenvalue weighted by atomic mass is 19.1. The van der Waals surface area contributed by atoms with Crippen molar-refractivity contribution in [3.05, 3.63) is 83.2 Å². The number of nitrogens with zero attached hydrogens (tertiary/aromatic N) is 6. The van der Waals surface area contributed by atoms with Gasteiger partial charge in [0, 0.05) is 43.3 Å². The van der Waals surface area contributed by atoms with Crippen molar-refractivity contribution in [2.45, 2.75) is 38.9 Å². The van der Waals surface area contributed by atoms with E-state index in [0.717, 1.165) is 24.2 Å². The number of amides is 1. The Kier molecular flexibility index (Phi) is 6.05. The molecule has 0 saturated carbocycles. The van der Waals surface area contributed by atoms with Crippen LogP contribution in [0.25, 0.3) is 5.52 Å². The zero-order valence-electron chi connectivity index (χ0n) is 20.8. The summed E-state index contributed by atoms with van der Waals surface area (Å²) in [4.78, 5) is 33.7. The number of anilines is 1. The molecular weight excluding hydrogens is 494 g/mol. The Morgan fingerprint density at radius 2 is 2.00 bits per heavy atom. The van der Waals surface area contributed by atoms with Crippen LogP contribution in [0.1, 0.15) is 58.0 Å². The lowest BCUT2D eigenvalue weighted by molar-refractivity contribution is 0.0519. The van der Waals surface area contributed by atoms with E-state index in [0.29, 0.717) is 48.5 Å². The van der Waals surface area contributed by atoms with E-state index in [1.54, 1.807) is 34.9 Å². The molecule has 4 aromatic rings. The summed E-state index contributed by atoms with van der Waals surface area (Å²) in [5.41, 5.74) is 2.43. The van der Waals surface area contributed by atoms with Gasteiger partial charge in [-0.25, -0.2) is 23.1 Å². The van der Waals surface area contributed by atoms with Gasteiger partial charge in [0.1, 0.15) is 17.5 Å². The molecule has 2 aliphatic rings. The number of halogens is 2. The van der Waals surface area contributed by atoms with Crippen LogP contribution in [0, 0.1) is 11.6 Å². The van der Waals surface area contributed by atoms with Crippen LogP contribution >= 0.6 is 0 Å². The van der Waals surface area contributed by atoms with Gasteiger partial charge < -0.3 is 19.1 Å². The SMILES string of the molecule is CCOC(=O)c1cn2c(n1)CN(C(=O)c1cnn3ccc(N4CCCC4c4cc(F)ccc4F)cc13)CC2. The zero-order valence-corrected chi connectivity index (χ0v) is 20.8. The predicted octanol–water partition coefficient (Wildman–Crippen LogP) is 3.98. The molecule has 1 fully saturated rings. The zero-order chi connectivity index (χ0) is 26.4. The first kappa shape index (κ1) is 24.1. The van der Waals surface area contributed by atoms with Crippen molar-refractivity contribution in [1.82, 2.24) is 24.1 Å².